The number of hydrogen-bond acceptors (Lipinski definition) is 3. The van der Waals surface area contributed by atoms with Gasteiger partial charge in [0.15, 0.2) is 5.69 Å². The van der Waals surface area contributed by atoms with Crippen molar-refractivity contribution in [2.75, 3.05) is 13.1 Å². The first-order valence-electron chi connectivity index (χ1n) is 5.86. The quantitative estimate of drug-likeness (QED) is 0.842. The zero-order valence-electron chi connectivity index (χ0n) is 9.86. The molecule has 88 valence electrons. The maximum Gasteiger partial charge on any atom is 0.276 e. The monoisotopic (exact) mass is 222 g/mol. The maximum atomic E-state index is 12.0. The molecule has 2 rings (SSSR count). The summed E-state index contributed by atoms with van der Waals surface area (Å²) in [5, 5.41) is 9.98. The van der Waals surface area contributed by atoms with Crippen LogP contribution in [0.15, 0.2) is 6.20 Å². The van der Waals surface area contributed by atoms with E-state index in [9.17, 15) is 4.79 Å². The number of H-pyrrole nitrogens is 1. The smallest absolute Gasteiger partial charge is 0.276 e. The molecule has 0 aliphatic carbocycles. The highest BCUT2D eigenvalue weighted by atomic mass is 16.2. The summed E-state index contributed by atoms with van der Waals surface area (Å²) in [7, 11) is 0. The number of amides is 1. The molecule has 1 N–H and O–H groups in total. The SMILES string of the molecule is CCC1(CC)CCN(C(=O)c2cn[nH]n2)C1. The molecule has 0 unspecified atom stereocenters. The van der Waals surface area contributed by atoms with Crippen molar-refractivity contribution in [2.24, 2.45) is 5.41 Å². The van der Waals surface area contributed by atoms with Crippen molar-refractivity contribution in [1.29, 1.82) is 0 Å². The fourth-order valence-corrected chi connectivity index (χ4v) is 2.40. The van der Waals surface area contributed by atoms with Gasteiger partial charge < -0.3 is 4.90 Å². The Bertz CT molecular complexity index is 356. The molecule has 1 fully saturated rings. The van der Waals surface area contributed by atoms with Gasteiger partial charge in [0, 0.05) is 13.1 Å². The number of aromatic nitrogens is 3. The van der Waals surface area contributed by atoms with Gasteiger partial charge in [-0.3, -0.25) is 4.79 Å². The highest BCUT2D eigenvalue weighted by molar-refractivity contribution is 5.92. The van der Waals surface area contributed by atoms with Gasteiger partial charge in [0.05, 0.1) is 6.20 Å². The van der Waals surface area contributed by atoms with Crippen LogP contribution in [0.4, 0.5) is 0 Å². The fourth-order valence-electron chi connectivity index (χ4n) is 2.40. The fraction of sp³-hybridized carbons (Fsp3) is 0.727. The molecule has 5 heteroatoms. The molecule has 16 heavy (non-hydrogen) atoms. The van der Waals surface area contributed by atoms with Crippen molar-refractivity contribution in [3.8, 4) is 0 Å². The van der Waals surface area contributed by atoms with Gasteiger partial charge in [0.25, 0.3) is 5.91 Å². The van der Waals surface area contributed by atoms with Crippen LogP contribution in [0.25, 0.3) is 0 Å². The highest BCUT2D eigenvalue weighted by Gasteiger charge is 2.37. The van der Waals surface area contributed by atoms with Crippen LogP contribution in [-0.2, 0) is 0 Å². The minimum Gasteiger partial charge on any atom is -0.337 e. The van der Waals surface area contributed by atoms with E-state index in [4.69, 9.17) is 0 Å². The Morgan fingerprint density at radius 1 is 1.56 bits per heavy atom. The predicted octanol–water partition coefficient (Wildman–Crippen LogP) is 1.46. The number of rotatable bonds is 3. The second kappa shape index (κ2) is 4.23. The average molecular weight is 222 g/mol. The largest absolute Gasteiger partial charge is 0.337 e. The van der Waals surface area contributed by atoms with Gasteiger partial charge in [-0.2, -0.15) is 15.4 Å². The van der Waals surface area contributed by atoms with Gasteiger partial charge in [-0.1, -0.05) is 13.8 Å². The summed E-state index contributed by atoms with van der Waals surface area (Å²) in [5.74, 6) is -0.00229. The topological polar surface area (TPSA) is 61.9 Å². The van der Waals surface area contributed by atoms with E-state index in [2.05, 4.69) is 29.3 Å². The number of carbonyl (C=O) groups is 1. The molecule has 0 saturated carbocycles. The van der Waals surface area contributed by atoms with E-state index in [0.29, 0.717) is 11.1 Å². The van der Waals surface area contributed by atoms with Crippen LogP contribution in [0.2, 0.25) is 0 Å². The Labute approximate surface area is 95.2 Å². The molecule has 0 spiro atoms. The number of nitrogens with one attached hydrogen (secondary N) is 1. The van der Waals surface area contributed by atoms with Crippen molar-refractivity contribution in [3.05, 3.63) is 11.9 Å². The van der Waals surface area contributed by atoms with E-state index in [1.807, 2.05) is 4.90 Å². The average Bonchev–Trinajstić information content (AvgIpc) is 2.98. The molecule has 0 bridgehead atoms. The first kappa shape index (κ1) is 11.1. The van der Waals surface area contributed by atoms with Crippen molar-refractivity contribution < 1.29 is 4.79 Å². The molecule has 1 aliphatic rings. The third-order valence-corrected chi connectivity index (χ3v) is 3.86. The molecule has 1 saturated heterocycles. The van der Waals surface area contributed by atoms with Crippen LogP contribution in [0.5, 0.6) is 0 Å². The lowest BCUT2D eigenvalue weighted by atomic mass is 9.82. The van der Waals surface area contributed by atoms with E-state index in [-0.39, 0.29) is 5.91 Å². The van der Waals surface area contributed by atoms with Gasteiger partial charge in [-0.15, -0.1) is 0 Å². The Balaban J connectivity index is 2.06. The number of aromatic amines is 1. The lowest BCUT2D eigenvalue weighted by Gasteiger charge is -2.25. The number of likely N-dealkylation sites (tertiary alicyclic amines) is 1. The van der Waals surface area contributed by atoms with E-state index in [1.54, 1.807) is 0 Å². The van der Waals surface area contributed by atoms with E-state index >= 15 is 0 Å². The lowest BCUT2D eigenvalue weighted by Crippen LogP contribution is -2.32. The molecule has 0 aromatic carbocycles. The Hall–Kier alpha value is -1.39. The van der Waals surface area contributed by atoms with Crippen LogP contribution < -0.4 is 0 Å². The Morgan fingerprint density at radius 2 is 2.31 bits per heavy atom. The van der Waals surface area contributed by atoms with Gasteiger partial charge >= 0.3 is 0 Å². The first-order chi connectivity index (χ1) is 7.71. The second-order valence-corrected chi connectivity index (χ2v) is 4.54. The van der Waals surface area contributed by atoms with Crippen molar-refractivity contribution >= 4 is 5.91 Å². The molecular weight excluding hydrogens is 204 g/mol. The van der Waals surface area contributed by atoms with E-state index < -0.39 is 0 Å². The van der Waals surface area contributed by atoms with Gasteiger partial charge in [-0.25, -0.2) is 0 Å². The van der Waals surface area contributed by atoms with Crippen molar-refractivity contribution in [2.45, 2.75) is 33.1 Å². The van der Waals surface area contributed by atoms with E-state index in [0.717, 1.165) is 32.4 Å². The van der Waals surface area contributed by atoms with Crippen LogP contribution in [0.3, 0.4) is 0 Å². The van der Waals surface area contributed by atoms with Crippen LogP contribution >= 0.6 is 0 Å². The molecule has 1 aromatic rings. The van der Waals surface area contributed by atoms with E-state index in [1.165, 1.54) is 6.20 Å². The Morgan fingerprint density at radius 3 is 2.81 bits per heavy atom. The molecule has 5 nitrogen and oxygen atoms in total. The third-order valence-electron chi connectivity index (χ3n) is 3.86. The summed E-state index contributed by atoms with van der Waals surface area (Å²) in [4.78, 5) is 13.9. The number of nitrogens with zero attached hydrogens (tertiary/aromatic N) is 3. The summed E-state index contributed by atoms with van der Waals surface area (Å²) in [6.07, 6.45) is 4.85. The van der Waals surface area contributed by atoms with Crippen molar-refractivity contribution in [3.63, 3.8) is 0 Å². The molecular formula is C11H18N4O. The molecule has 0 atom stereocenters. The lowest BCUT2D eigenvalue weighted by molar-refractivity contribution is 0.0764. The molecule has 1 amide bonds. The van der Waals surface area contributed by atoms with Crippen LogP contribution in [0, 0.1) is 5.41 Å². The molecule has 1 aliphatic heterocycles. The van der Waals surface area contributed by atoms with Gasteiger partial charge in [-0.05, 0) is 24.7 Å². The standard InChI is InChI=1S/C11H18N4O/c1-3-11(4-2)5-6-15(8-11)10(16)9-7-12-14-13-9/h7H,3-6,8H2,1-2H3,(H,12,13,14). The highest BCUT2D eigenvalue weighted by Crippen LogP contribution is 2.37. The summed E-state index contributed by atoms with van der Waals surface area (Å²) >= 11 is 0. The summed E-state index contributed by atoms with van der Waals surface area (Å²) in [5.41, 5.74) is 0.738. The number of hydrogen-bond donors (Lipinski definition) is 1. The van der Waals surface area contributed by atoms with Gasteiger partial charge in [0.1, 0.15) is 0 Å². The second-order valence-electron chi connectivity index (χ2n) is 4.54. The minimum atomic E-state index is -0.00229. The van der Waals surface area contributed by atoms with Crippen LogP contribution in [-0.4, -0.2) is 39.3 Å². The first-order valence-corrected chi connectivity index (χ1v) is 5.86. The molecule has 1 aromatic heterocycles. The zero-order valence-corrected chi connectivity index (χ0v) is 9.86. The Kier molecular flexibility index (Phi) is 2.94. The third kappa shape index (κ3) is 1.81. The zero-order chi connectivity index (χ0) is 11.6. The summed E-state index contributed by atoms with van der Waals surface area (Å²) < 4.78 is 0. The normalized spacial score (nSPS) is 19.0. The molecule has 2 heterocycles. The number of carbonyl (C=O) groups excluding carboxylic acids is 1. The summed E-state index contributed by atoms with van der Waals surface area (Å²) in [6, 6.07) is 0. The van der Waals surface area contributed by atoms with Crippen molar-refractivity contribution in [1.82, 2.24) is 20.3 Å². The predicted molar refractivity (Wildman–Crippen MR) is 59.9 cm³/mol. The summed E-state index contributed by atoms with van der Waals surface area (Å²) in [6.45, 7) is 6.10. The molecule has 0 radical (unpaired) electrons. The van der Waals surface area contributed by atoms with Crippen LogP contribution in [0.1, 0.15) is 43.6 Å². The maximum absolute atomic E-state index is 12.0. The van der Waals surface area contributed by atoms with Gasteiger partial charge in [0.2, 0.25) is 0 Å². The minimum absolute atomic E-state index is 0.00229.